The second-order valence-corrected chi connectivity index (χ2v) is 4.71. The molecule has 0 aliphatic carbocycles. The van der Waals surface area contributed by atoms with Gasteiger partial charge in [0.15, 0.2) is 6.29 Å². The third kappa shape index (κ3) is 1.87. The minimum absolute atomic E-state index is 0.832. The van der Waals surface area contributed by atoms with Gasteiger partial charge in [-0.25, -0.2) is 0 Å². The minimum Gasteiger partial charge on any atom is -0.298 e. The molecule has 2 aromatic rings. The topological polar surface area (TPSA) is 17.1 Å². The zero-order valence-corrected chi connectivity index (χ0v) is 8.53. The van der Waals surface area contributed by atoms with Crippen LogP contribution in [0.15, 0.2) is 29.0 Å². The third-order valence-electron chi connectivity index (χ3n) is 1.82. The lowest BCUT2D eigenvalue weighted by molar-refractivity contribution is 0.112. The van der Waals surface area contributed by atoms with Gasteiger partial charge in [0, 0.05) is 21.7 Å². The van der Waals surface area contributed by atoms with Crippen LogP contribution in [0.3, 0.4) is 0 Å². The van der Waals surface area contributed by atoms with E-state index in [9.17, 15) is 4.79 Å². The summed E-state index contributed by atoms with van der Waals surface area (Å²) in [6.07, 6.45) is 1.82. The van der Waals surface area contributed by atoms with E-state index in [4.69, 9.17) is 0 Å². The number of aldehydes is 1. The lowest BCUT2D eigenvalue weighted by Gasteiger charge is -1.94. The second kappa shape index (κ2) is 3.85. The Kier molecular flexibility index (Phi) is 2.57. The summed E-state index contributed by atoms with van der Waals surface area (Å²) in [5, 5.41) is 4.02. The Balaban J connectivity index is 2.23. The molecule has 0 N–H and O–H groups in total. The summed E-state index contributed by atoms with van der Waals surface area (Å²) >= 11 is 3.38. The van der Waals surface area contributed by atoms with Crippen LogP contribution in [0, 0.1) is 0 Å². The Morgan fingerprint density at radius 2 is 2.15 bits per heavy atom. The molecular formula is C10H8OS2. The lowest BCUT2D eigenvalue weighted by Crippen LogP contribution is -1.85. The first-order valence-electron chi connectivity index (χ1n) is 3.94. The van der Waals surface area contributed by atoms with E-state index in [0.29, 0.717) is 0 Å². The van der Waals surface area contributed by atoms with Crippen LogP contribution >= 0.6 is 22.7 Å². The molecule has 0 aromatic carbocycles. The lowest BCUT2D eigenvalue weighted by atomic mass is 10.2. The molecule has 0 bridgehead atoms. The van der Waals surface area contributed by atoms with E-state index >= 15 is 0 Å². The first-order chi connectivity index (χ1) is 6.40. The van der Waals surface area contributed by atoms with Gasteiger partial charge in [-0.2, -0.15) is 0 Å². The highest BCUT2D eigenvalue weighted by Crippen LogP contribution is 2.21. The maximum atomic E-state index is 10.6. The van der Waals surface area contributed by atoms with E-state index in [1.165, 1.54) is 4.88 Å². The molecule has 0 amide bonds. The fourth-order valence-electron chi connectivity index (χ4n) is 1.17. The molecule has 0 fully saturated rings. The average Bonchev–Trinajstić information content (AvgIpc) is 2.76. The summed E-state index contributed by atoms with van der Waals surface area (Å²) in [4.78, 5) is 13.1. The molecule has 0 atom stereocenters. The van der Waals surface area contributed by atoms with Crippen LogP contribution in [0.25, 0.3) is 0 Å². The molecule has 0 radical (unpaired) electrons. The van der Waals surface area contributed by atoms with Crippen LogP contribution in [-0.2, 0) is 6.42 Å². The van der Waals surface area contributed by atoms with Crippen LogP contribution in [0.1, 0.15) is 20.1 Å². The number of carbonyl (C=O) groups excluding carboxylic acids is 1. The Morgan fingerprint density at radius 1 is 1.23 bits per heavy atom. The van der Waals surface area contributed by atoms with Gasteiger partial charge in [-0.05, 0) is 22.9 Å². The van der Waals surface area contributed by atoms with Gasteiger partial charge in [0.05, 0.1) is 0 Å². The maximum Gasteiger partial charge on any atom is 0.151 e. The van der Waals surface area contributed by atoms with Crippen LogP contribution in [0.4, 0.5) is 0 Å². The molecule has 2 aromatic heterocycles. The van der Waals surface area contributed by atoms with Crippen molar-refractivity contribution in [2.24, 2.45) is 0 Å². The fraction of sp³-hybridized carbons (Fsp3) is 0.100. The average molecular weight is 208 g/mol. The number of hydrogen-bond donors (Lipinski definition) is 0. The van der Waals surface area contributed by atoms with Crippen LogP contribution in [0.2, 0.25) is 0 Å². The summed E-state index contributed by atoms with van der Waals surface area (Å²) in [5.41, 5.74) is 0.832. The molecule has 0 aliphatic heterocycles. The van der Waals surface area contributed by atoms with Crippen molar-refractivity contribution in [3.05, 3.63) is 44.3 Å². The highest BCUT2D eigenvalue weighted by molar-refractivity contribution is 7.11. The van der Waals surface area contributed by atoms with Gasteiger partial charge >= 0.3 is 0 Å². The monoisotopic (exact) mass is 208 g/mol. The van der Waals surface area contributed by atoms with Gasteiger partial charge in [0.25, 0.3) is 0 Å². The standard InChI is InChI=1S/C10H8OS2/c11-7-8-3-5-13-10(8)6-9-2-1-4-12-9/h1-5,7H,6H2. The highest BCUT2D eigenvalue weighted by atomic mass is 32.1. The number of hydrogen-bond acceptors (Lipinski definition) is 3. The first-order valence-corrected chi connectivity index (χ1v) is 5.70. The molecule has 2 heterocycles. The fourth-order valence-corrected chi connectivity index (χ4v) is 2.85. The summed E-state index contributed by atoms with van der Waals surface area (Å²) < 4.78 is 0. The Hall–Kier alpha value is -0.930. The molecule has 1 nitrogen and oxygen atoms in total. The number of rotatable bonds is 3. The quantitative estimate of drug-likeness (QED) is 0.708. The van der Waals surface area contributed by atoms with Crippen molar-refractivity contribution in [1.29, 1.82) is 0 Å². The summed E-state index contributed by atoms with van der Waals surface area (Å²) in [5.74, 6) is 0. The molecule has 2 rings (SSSR count). The van der Waals surface area contributed by atoms with Crippen molar-refractivity contribution in [2.45, 2.75) is 6.42 Å². The predicted molar refractivity (Wildman–Crippen MR) is 56.8 cm³/mol. The Morgan fingerprint density at radius 3 is 2.85 bits per heavy atom. The predicted octanol–water partition coefficient (Wildman–Crippen LogP) is 3.21. The summed E-state index contributed by atoms with van der Waals surface area (Å²) in [6.45, 7) is 0. The molecule has 0 saturated carbocycles. The van der Waals surface area contributed by atoms with Crippen molar-refractivity contribution in [2.75, 3.05) is 0 Å². The molecule has 13 heavy (non-hydrogen) atoms. The van der Waals surface area contributed by atoms with Crippen molar-refractivity contribution >= 4 is 29.0 Å². The second-order valence-electron chi connectivity index (χ2n) is 2.67. The van der Waals surface area contributed by atoms with Crippen molar-refractivity contribution in [3.63, 3.8) is 0 Å². The van der Waals surface area contributed by atoms with E-state index in [2.05, 4.69) is 11.4 Å². The van der Waals surface area contributed by atoms with Crippen molar-refractivity contribution < 1.29 is 4.79 Å². The molecular weight excluding hydrogens is 200 g/mol. The van der Waals surface area contributed by atoms with Gasteiger partial charge in [-0.15, -0.1) is 22.7 Å². The van der Waals surface area contributed by atoms with E-state index in [0.717, 1.165) is 23.1 Å². The van der Waals surface area contributed by atoms with Gasteiger partial charge in [0.2, 0.25) is 0 Å². The molecule has 0 spiro atoms. The molecule has 66 valence electrons. The third-order valence-corrected chi connectivity index (χ3v) is 3.63. The largest absolute Gasteiger partial charge is 0.298 e. The Labute approximate surface area is 84.7 Å². The zero-order valence-electron chi connectivity index (χ0n) is 6.90. The normalized spacial score (nSPS) is 10.2. The van der Waals surface area contributed by atoms with Crippen LogP contribution < -0.4 is 0 Å². The summed E-state index contributed by atoms with van der Waals surface area (Å²) in [6, 6.07) is 6.01. The van der Waals surface area contributed by atoms with Crippen molar-refractivity contribution in [1.82, 2.24) is 0 Å². The van der Waals surface area contributed by atoms with E-state index in [1.807, 2.05) is 17.5 Å². The zero-order chi connectivity index (χ0) is 9.10. The number of carbonyl (C=O) groups is 1. The van der Waals surface area contributed by atoms with Gasteiger partial charge in [-0.1, -0.05) is 6.07 Å². The van der Waals surface area contributed by atoms with Crippen LogP contribution in [-0.4, -0.2) is 6.29 Å². The van der Waals surface area contributed by atoms with E-state index in [-0.39, 0.29) is 0 Å². The minimum atomic E-state index is 0.832. The number of thiophene rings is 2. The van der Waals surface area contributed by atoms with Gasteiger partial charge in [-0.3, -0.25) is 4.79 Å². The Bertz CT molecular complexity index is 387. The summed E-state index contributed by atoms with van der Waals surface area (Å²) in [7, 11) is 0. The molecule has 0 saturated heterocycles. The maximum absolute atomic E-state index is 10.6. The van der Waals surface area contributed by atoms with E-state index in [1.54, 1.807) is 22.7 Å². The highest BCUT2D eigenvalue weighted by Gasteiger charge is 2.04. The van der Waals surface area contributed by atoms with Crippen LogP contribution in [0.5, 0.6) is 0 Å². The SMILES string of the molecule is O=Cc1ccsc1Cc1cccs1. The van der Waals surface area contributed by atoms with E-state index < -0.39 is 0 Å². The van der Waals surface area contributed by atoms with Gasteiger partial charge < -0.3 is 0 Å². The molecule has 0 unspecified atom stereocenters. The smallest absolute Gasteiger partial charge is 0.151 e. The molecule has 3 heteroatoms. The molecule has 0 aliphatic rings. The first kappa shape index (κ1) is 8.66. The van der Waals surface area contributed by atoms with Gasteiger partial charge in [0.1, 0.15) is 0 Å². The van der Waals surface area contributed by atoms with Crippen molar-refractivity contribution in [3.8, 4) is 0 Å².